The number of anilines is 1. The summed E-state index contributed by atoms with van der Waals surface area (Å²) in [7, 11) is 0. The predicted octanol–water partition coefficient (Wildman–Crippen LogP) is 2.27. The summed E-state index contributed by atoms with van der Waals surface area (Å²) >= 11 is 0. The van der Waals surface area contributed by atoms with Gasteiger partial charge in [0.25, 0.3) is 5.69 Å². The number of hydrogen-bond donors (Lipinski definition) is 0. The van der Waals surface area contributed by atoms with E-state index in [2.05, 4.69) is 19.7 Å². The van der Waals surface area contributed by atoms with E-state index in [0.717, 1.165) is 30.3 Å². The number of pyridine rings is 1. The van der Waals surface area contributed by atoms with Crippen molar-refractivity contribution in [1.82, 2.24) is 19.7 Å². The minimum absolute atomic E-state index is 0.00899. The van der Waals surface area contributed by atoms with Gasteiger partial charge in [0, 0.05) is 24.7 Å². The molecule has 0 saturated carbocycles. The summed E-state index contributed by atoms with van der Waals surface area (Å²) < 4.78 is 2.11. The van der Waals surface area contributed by atoms with E-state index < -0.39 is 4.92 Å². The molecule has 4 rings (SSSR count). The molecule has 0 aliphatic carbocycles. The second-order valence-corrected chi connectivity index (χ2v) is 5.51. The minimum Gasteiger partial charge on any atom is -0.347 e. The van der Waals surface area contributed by atoms with Crippen LogP contribution in [0.4, 0.5) is 11.5 Å². The van der Waals surface area contributed by atoms with Crippen LogP contribution in [0, 0.1) is 10.1 Å². The van der Waals surface area contributed by atoms with Gasteiger partial charge in [0.2, 0.25) is 0 Å². The fourth-order valence-corrected chi connectivity index (χ4v) is 2.83. The first-order valence-corrected chi connectivity index (χ1v) is 7.55. The van der Waals surface area contributed by atoms with E-state index in [1.807, 2.05) is 35.2 Å². The molecule has 1 aromatic carbocycles. The molecule has 0 bridgehead atoms. The van der Waals surface area contributed by atoms with Crippen LogP contribution in [0.25, 0.3) is 11.4 Å². The highest BCUT2D eigenvalue weighted by molar-refractivity contribution is 5.55. The van der Waals surface area contributed by atoms with Crippen LogP contribution >= 0.6 is 0 Å². The predicted molar refractivity (Wildman–Crippen MR) is 87.4 cm³/mol. The van der Waals surface area contributed by atoms with Crippen LogP contribution in [0.15, 0.2) is 48.7 Å². The zero-order chi connectivity index (χ0) is 16.5. The Bertz CT molecular complexity index is 875. The van der Waals surface area contributed by atoms with Crippen LogP contribution in [-0.4, -0.2) is 31.2 Å². The highest BCUT2D eigenvalue weighted by Crippen LogP contribution is 2.24. The van der Waals surface area contributed by atoms with Crippen LogP contribution in [0.2, 0.25) is 0 Å². The summed E-state index contributed by atoms with van der Waals surface area (Å²) in [4.78, 5) is 16.5. The van der Waals surface area contributed by atoms with E-state index in [-0.39, 0.29) is 5.69 Å². The third kappa shape index (κ3) is 2.47. The van der Waals surface area contributed by atoms with E-state index in [9.17, 15) is 10.1 Å². The summed E-state index contributed by atoms with van der Waals surface area (Å²) in [5.74, 6) is 2.43. The Labute approximate surface area is 137 Å². The highest BCUT2D eigenvalue weighted by Gasteiger charge is 2.23. The van der Waals surface area contributed by atoms with Gasteiger partial charge in [-0.1, -0.05) is 30.3 Å². The molecule has 0 radical (unpaired) electrons. The molecule has 0 unspecified atom stereocenters. The maximum absolute atomic E-state index is 10.7. The second kappa shape index (κ2) is 5.73. The number of benzene rings is 1. The Kier molecular flexibility index (Phi) is 3.42. The lowest BCUT2D eigenvalue weighted by molar-refractivity contribution is -0.385. The maximum atomic E-state index is 10.7. The van der Waals surface area contributed by atoms with Crippen LogP contribution in [0.3, 0.4) is 0 Å². The van der Waals surface area contributed by atoms with Gasteiger partial charge in [-0.25, -0.2) is 4.98 Å². The molecular formula is C16H14N6O2. The zero-order valence-corrected chi connectivity index (χ0v) is 12.7. The van der Waals surface area contributed by atoms with Crippen molar-refractivity contribution < 1.29 is 4.92 Å². The van der Waals surface area contributed by atoms with Gasteiger partial charge in [-0.05, 0) is 6.07 Å². The second-order valence-electron chi connectivity index (χ2n) is 5.51. The summed E-state index contributed by atoms with van der Waals surface area (Å²) in [5.41, 5.74) is 1.03. The summed E-state index contributed by atoms with van der Waals surface area (Å²) in [6.07, 6.45) is 1.28. The molecule has 0 amide bonds. The average molecular weight is 322 g/mol. The van der Waals surface area contributed by atoms with Gasteiger partial charge in [-0.2, -0.15) is 0 Å². The average Bonchev–Trinajstić information content (AvgIpc) is 3.05. The molecule has 1 aliphatic heterocycles. The SMILES string of the molecule is O=[N+]([O-])c1ccc(N2CCn3c(nnc3-c3ccccc3)C2)nc1. The maximum Gasteiger partial charge on any atom is 0.287 e. The van der Waals surface area contributed by atoms with Crippen LogP contribution in [-0.2, 0) is 13.1 Å². The number of fused-ring (bicyclic) bond motifs is 1. The molecule has 2 aromatic heterocycles. The number of hydrogen-bond acceptors (Lipinski definition) is 6. The van der Waals surface area contributed by atoms with Gasteiger partial charge < -0.3 is 9.47 Å². The molecule has 8 nitrogen and oxygen atoms in total. The lowest BCUT2D eigenvalue weighted by Gasteiger charge is -2.28. The van der Waals surface area contributed by atoms with Crippen molar-refractivity contribution in [3.63, 3.8) is 0 Å². The van der Waals surface area contributed by atoms with Crippen molar-refractivity contribution in [3.8, 4) is 11.4 Å². The largest absolute Gasteiger partial charge is 0.347 e. The van der Waals surface area contributed by atoms with E-state index in [4.69, 9.17) is 0 Å². The Hall–Kier alpha value is -3.29. The fourth-order valence-electron chi connectivity index (χ4n) is 2.83. The van der Waals surface area contributed by atoms with Crippen molar-refractivity contribution in [2.75, 3.05) is 11.4 Å². The molecular weight excluding hydrogens is 308 g/mol. The molecule has 0 fully saturated rings. The summed E-state index contributed by atoms with van der Waals surface area (Å²) in [6, 6.07) is 13.1. The van der Waals surface area contributed by atoms with Gasteiger partial charge >= 0.3 is 0 Å². The van der Waals surface area contributed by atoms with Gasteiger partial charge in [-0.3, -0.25) is 10.1 Å². The number of nitro groups is 1. The topological polar surface area (TPSA) is 90.0 Å². The monoisotopic (exact) mass is 322 g/mol. The highest BCUT2D eigenvalue weighted by atomic mass is 16.6. The lowest BCUT2D eigenvalue weighted by atomic mass is 10.2. The van der Waals surface area contributed by atoms with Gasteiger partial charge in [0.05, 0.1) is 11.5 Å². The zero-order valence-electron chi connectivity index (χ0n) is 12.7. The molecule has 3 heterocycles. The van der Waals surface area contributed by atoms with Crippen LogP contribution in [0.1, 0.15) is 5.82 Å². The Morgan fingerprint density at radius 1 is 1.04 bits per heavy atom. The Balaban J connectivity index is 1.59. The fraction of sp³-hybridized carbons (Fsp3) is 0.188. The van der Waals surface area contributed by atoms with Crippen molar-refractivity contribution in [2.24, 2.45) is 0 Å². The minimum atomic E-state index is -0.449. The van der Waals surface area contributed by atoms with Gasteiger partial charge in [0.15, 0.2) is 11.6 Å². The molecule has 3 aromatic rings. The van der Waals surface area contributed by atoms with Crippen molar-refractivity contribution in [1.29, 1.82) is 0 Å². The van der Waals surface area contributed by atoms with Crippen molar-refractivity contribution >= 4 is 11.5 Å². The first kappa shape index (κ1) is 14.3. The molecule has 0 saturated heterocycles. The van der Waals surface area contributed by atoms with E-state index in [1.54, 1.807) is 6.07 Å². The molecule has 0 N–H and O–H groups in total. The number of aromatic nitrogens is 4. The molecule has 120 valence electrons. The summed E-state index contributed by atoms with van der Waals surface area (Å²) in [6.45, 7) is 2.06. The molecule has 0 atom stereocenters. The first-order valence-electron chi connectivity index (χ1n) is 7.55. The van der Waals surface area contributed by atoms with E-state index in [0.29, 0.717) is 12.4 Å². The third-order valence-corrected chi connectivity index (χ3v) is 4.05. The standard InChI is InChI=1S/C16H14N6O2/c23-22(24)13-6-7-14(17-10-13)20-8-9-21-15(11-20)18-19-16(21)12-4-2-1-3-5-12/h1-7,10H,8-9,11H2. The quantitative estimate of drug-likeness (QED) is 0.543. The van der Waals surface area contributed by atoms with Crippen LogP contribution in [0.5, 0.6) is 0 Å². The van der Waals surface area contributed by atoms with Crippen molar-refractivity contribution in [2.45, 2.75) is 13.1 Å². The molecule has 8 heteroatoms. The Morgan fingerprint density at radius 3 is 2.58 bits per heavy atom. The van der Waals surface area contributed by atoms with Crippen molar-refractivity contribution in [3.05, 3.63) is 64.6 Å². The van der Waals surface area contributed by atoms with Gasteiger partial charge in [-0.15, -0.1) is 10.2 Å². The number of nitrogens with zero attached hydrogens (tertiary/aromatic N) is 6. The Morgan fingerprint density at radius 2 is 1.88 bits per heavy atom. The first-order chi connectivity index (χ1) is 11.7. The normalized spacial score (nSPS) is 13.6. The lowest BCUT2D eigenvalue weighted by Crippen LogP contribution is -2.34. The molecule has 0 spiro atoms. The van der Waals surface area contributed by atoms with E-state index in [1.165, 1.54) is 12.3 Å². The van der Waals surface area contributed by atoms with Gasteiger partial charge in [0.1, 0.15) is 12.0 Å². The third-order valence-electron chi connectivity index (χ3n) is 4.05. The smallest absolute Gasteiger partial charge is 0.287 e. The molecule has 1 aliphatic rings. The van der Waals surface area contributed by atoms with Crippen LogP contribution < -0.4 is 4.90 Å². The number of rotatable bonds is 3. The summed E-state index contributed by atoms with van der Waals surface area (Å²) in [5, 5.41) is 19.3. The van der Waals surface area contributed by atoms with E-state index >= 15 is 0 Å². The molecule has 24 heavy (non-hydrogen) atoms.